The summed E-state index contributed by atoms with van der Waals surface area (Å²) in [5, 5.41) is 22.4. The van der Waals surface area contributed by atoms with Crippen LogP contribution in [-0.4, -0.2) is 71.1 Å². The monoisotopic (exact) mass is 488 g/mol. The third-order valence-corrected chi connectivity index (χ3v) is 6.22. The van der Waals surface area contributed by atoms with Gasteiger partial charge < -0.3 is 25.3 Å². The Morgan fingerprint density at radius 1 is 1.06 bits per heavy atom. The van der Waals surface area contributed by atoms with Crippen molar-refractivity contribution in [3.63, 3.8) is 0 Å². The van der Waals surface area contributed by atoms with Gasteiger partial charge in [0.2, 0.25) is 5.75 Å². The minimum Gasteiger partial charge on any atom is -0.502 e. The predicted molar refractivity (Wildman–Crippen MR) is 138 cm³/mol. The molecule has 0 spiro atoms. The molecule has 36 heavy (non-hydrogen) atoms. The highest BCUT2D eigenvalue weighted by atomic mass is 16.5. The second-order valence-corrected chi connectivity index (χ2v) is 8.81. The Balaban J connectivity index is 1.42. The molecule has 8 nitrogen and oxygen atoms in total. The molecule has 4 rings (SSSR count). The van der Waals surface area contributed by atoms with Gasteiger partial charge in [-0.15, -0.1) is 0 Å². The summed E-state index contributed by atoms with van der Waals surface area (Å²) in [7, 11) is 0. The molecule has 188 valence electrons. The van der Waals surface area contributed by atoms with Gasteiger partial charge in [-0.2, -0.15) is 0 Å². The highest BCUT2D eigenvalue weighted by molar-refractivity contribution is 5.44. The SMILES string of the molecule is O=c1[nH]cnc(CC(CNCCO)c2ccc(C#Cc3ccc(CN4CCOCC4)cc3)cc2)c1O. The van der Waals surface area contributed by atoms with Crippen LogP contribution in [-0.2, 0) is 17.7 Å². The molecule has 1 fully saturated rings. The Morgan fingerprint density at radius 2 is 1.72 bits per heavy atom. The Kier molecular flexibility index (Phi) is 9.25. The van der Waals surface area contributed by atoms with Crippen LogP contribution < -0.4 is 10.9 Å². The van der Waals surface area contributed by atoms with Crippen molar-refractivity contribution in [3.8, 4) is 17.6 Å². The van der Waals surface area contributed by atoms with E-state index in [-0.39, 0.29) is 18.3 Å². The number of benzene rings is 2. The van der Waals surface area contributed by atoms with E-state index in [1.807, 2.05) is 24.3 Å². The van der Waals surface area contributed by atoms with Crippen molar-refractivity contribution in [2.45, 2.75) is 18.9 Å². The fourth-order valence-corrected chi connectivity index (χ4v) is 4.17. The molecular weight excluding hydrogens is 456 g/mol. The summed E-state index contributed by atoms with van der Waals surface area (Å²) >= 11 is 0. The molecule has 0 saturated carbocycles. The average Bonchev–Trinajstić information content (AvgIpc) is 2.91. The maximum atomic E-state index is 11.7. The molecule has 1 aromatic heterocycles. The summed E-state index contributed by atoms with van der Waals surface area (Å²) in [5.41, 5.74) is 3.95. The van der Waals surface area contributed by atoms with Gasteiger partial charge in [0.15, 0.2) is 0 Å². The van der Waals surface area contributed by atoms with Crippen LogP contribution in [0.4, 0.5) is 0 Å². The van der Waals surface area contributed by atoms with Crippen LogP contribution in [0.2, 0.25) is 0 Å². The largest absolute Gasteiger partial charge is 0.502 e. The quantitative estimate of drug-likeness (QED) is 0.268. The van der Waals surface area contributed by atoms with Crippen LogP contribution in [0.15, 0.2) is 59.7 Å². The van der Waals surface area contributed by atoms with Crippen molar-refractivity contribution in [2.24, 2.45) is 0 Å². The molecule has 1 atom stereocenters. The first-order valence-electron chi connectivity index (χ1n) is 12.2. The van der Waals surface area contributed by atoms with E-state index in [2.05, 4.69) is 56.3 Å². The topological polar surface area (TPSA) is 111 Å². The standard InChI is InChI=1S/C28H32N4O4/c33-14-11-29-18-25(17-26-27(34)28(35)31-20-30-26)24-9-7-22(8-10-24)2-1-21-3-5-23(6-4-21)19-32-12-15-36-16-13-32/h3-10,20,25,29,33-34H,11-19H2,(H,30,31,35). The van der Waals surface area contributed by atoms with E-state index in [1.54, 1.807) is 0 Å². The Labute approximate surface area is 211 Å². The Hall–Kier alpha value is -3.48. The first-order chi connectivity index (χ1) is 17.6. The van der Waals surface area contributed by atoms with E-state index < -0.39 is 5.56 Å². The number of hydrogen-bond acceptors (Lipinski definition) is 7. The summed E-state index contributed by atoms with van der Waals surface area (Å²) in [6.45, 7) is 5.52. The molecule has 0 amide bonds. The molecule has 1 aliphatic heterocycles. The molecule has 8 heteroatoms. The number of ether oxygens (including phenoxy) is 1. The van der Waals surface area contributed by atoms with Crippen LogP contribution in [0.1, 0.15) is 33.9 Å². The lowest BCUT2D eigenvalue weighted by Gasteiger charge is -2.26. The molecule has 1 saturated heterocycles. The Bertz CT molecular complexity index is 1220. The summed E-state index contributed by atoms with van der Waals surface area (Å²) in [6.07, 6.45) is 1.68. The van der Waals surface area contributed by atoms with Gasteiger partial charge >= 0.3 is 0 Å². The van der Waals surface area contributed by atoms with Gasteiger partial charge in [0.25, 0.3) is 5.56 Å². The Morgan fingerprint density at radius 3 is 2.39 bits per heavy atom. The molecule has 1 unspecified atom stereocenters. The van der Waals surface area contributed by atoms with Crippen molar-refractivity contribution in [1.29, 1.82) is 0 Å². The third-order valence-electron chi connectivity index (χ3n) is 6.22. The summed E-state index contributed by atoms with van der Waals surface area (Å²) in [4.78, 5) is 20.7. The maximum Gasteiger partial charge on any atom is 0.293 e. The van der Waals surface area contributed by atoms with Crippen LogP contribution in [0, 0.1) is 11.8 Å². The first kappa shape index (κ1) is 25.6. The lowest BCUT2D eigenvalue weighted by molar-refractivity contribution is 0.0342. The van der Waals surface area contributed by atoms with Crippen molar-refractivity contribution < 1.29 is 14.9 Å². The van der Waals surface area contributed by atoms with Crippen LogP contribution in [0.5, 0.6) is 5.75 Å². The van der Waals surface area contributed by atoms with E-state index >= 15 is 0 Å². The van der Waals surface area contributed by atoms with Gasteiger partial charge in [0.05, 0.1) is 31.8 Å². The summed E-state index contributed by atoms with van der Waals surface area (Å²) in [5.74, 6) is 6.05. The zero-order valence-corrected chi connectivity index (χ0v) is 20.2. The molecular formula is C28H32N4O4. The van der Waals surface area contributed by atoms with E-state index in [1.165, 1.54) is 11.9 Å². The van der Waals surface area contributed by atoms with Crippen molar-refractivity contribution in [2.75, 3.05) is 46.0 Å². The first-order valence-corrected chi connectivity index (χ1v) is 12.2. The molecule has 3 aromatic rings. The number of aromatic amines is 1. The van der Waals surface area contributed by atoms with Crippen molar-refractivity contribution in [3.05, 3.63) is 93.2 Å². The maximum absolute atomic E-state index is 11.7. The van der Waals surface area contributed by atoms with E-state index in [0.717, 1.165) is 49.5 Å². The molecule has 2 heterocycles. The number of aliphatic hydroxyl groups is 1. The number of H-pyrrole nitrogens is 1. The third kappa shape index (κ3) is 7.26. The van der Waals surface area contributed by atoms with Crippen LogP contribution >= 0.6 is 0 Å². The van der Waals surface area contributed by atoms with E-state index in [4.69, 9.17) is 9.84 Å². The molecule has 2 aromatic carbocycles. The van der Waals surface area contributed by atoms with E-state index in [9.17, 15) is 9.90 Å². The highest BCUT2D eigenvalue weighted by Crippen LogP contribution is 2.23. The fraction of sp³-hybridized carbons (Fsp3) is 0.357. The average molecular weight is 489 g/mol. The lowest BCUT2D eigenvalue weighted by atomic mass is 9.93. The second-order valence-electron chi connectivity index (χ2n) is 8.81. The number of aliphatic hydroxyl groups excluding tert-OH is 1. The van der Waals surface area contributed by atoms with Gasteiger partial charge in [0.1, 0.15) is 0 Å². The van der Waals surface area contributed by atoms with Gasteiger partial charge in [-0.05, 0) is 35.4 Å². The fourth-order valence-electron chi connectivity index (χ4n) is 4.17. The normalized spacial score (nSPS) is 14.7. The van der Waals surface area contributed by atoms with Gasteiger partial charge in [-0.3, -0.25) is 9.69 Å². The van der Waals surface area contributed by atoms with Crippen LogP contribution in [0.3, 0.4) is 0 Å². The molecule has 0 radical (unpaired) electrons. The lowest BCUT2D eigenvalue weighted by Crippen LogP contribution is -2.35. The highest BCUT2D eigenvalue weighted by Gasteiger charge is 2.17. The summed E-state index contributed by atoms with van der Waals surface area (Å²) < 4.78 is 5.41. The molecule has 0 bridgehead atoms. The number of morpholine rings is 1. The zero-order chi connectivity index (χ0) is 25.2. The number of aromatic hydroxyl groups is 1. The number of nitrogens with zero attached hydrogens (tertiary/aromatic N) is 2. The predicted octanol–water partition coefficient (Wildman–Crippen LogP) is 1.62. The number of rotatable bonds is 9. The minimum atomic E-state index is -0.554. The smallest absolute Gasteiger partial charge is 0.293 e. The molecule has 0 aliphatic carbocycles. The van der Waals surface area contributed by atoms with Gasteiger partial charge in [-0.1, -0.05) is 36.1 Å². The van der Waals surface area contributed by atoms with Gasteiger partial charge in [0, 0.05) is 56.2 Å². The molecule has 4 N–H and O–H groups in total. The van der Waals surface area contributed by atoms with Crippen LogP contribution in [0.25, 0.3) is 0 Å². The number of hydrogen-bond donors (Lipinski definition) is 4. The van der Waals surface area contributed by atoms with Crippen molar-refractivity contribution >= 4 is 0 Å². The zero-order valence-electron chi connectivity index (χ0n) is 20.2. The number of aromatic nitrogens is 2. The van der Waals surface area contributed by atoms with Crippen molar-refractivity contribution in [1.82, 2.24) is 20.2 Å². The molecule has 1 aliphatic rings. The van der Waals surface area contributed by atoms with E-state index in [0.29, 0.717) is 25.2 Å². The minimum absolute atomic E-state index is 0.0317. The second kappa shape index (κ2) is 13.0. The summed E-state index contributed by atoms with van der Waals surface area (Å²) in [6, 6.07) is 16.3. The number of nitrogens with one attached hydrogen (secondary N) is 2. The van der Waals surface area contributed by atoms with Gasteiger partial charge in [-0.25, -0.2) is 4.98 Å².